The molecule has 2 heterocycles. The highest BCUT2D eigenvalue weighted by Crippen LogP contribution is 2.41. The van der Waals surface area contributed by atoms with Gasteiger partial charge in [-0.2, -0.15) is 0 Å². The number of aryl methyl sites for hydroxylation is 1. The number of phenolic OH excluding ortho intramolecular Hbond substituents is 1. The summed E-state index contributed by atoms with van der Waals surface area (Å²) in [6.07, 6.45) is 3.42. The Morgan fingerprint density at radius 3 is 2.69 bits per heavy atom. The van der Waals surface area contributed by atoms with Gasteiger partial charge in [-0.3, -0.25) is 9.36 Å². The number of nitrogens with zero attached hydrogens (tertiary/aromatic N) is 2. The van der Waals surface area contributed by atoms with E-state index in [9.17, 15) is 9.90 Å². The van der Waals surface area contributed by atoms with Crippen molar-refractivity contribution >= 4 is 23.1 Å². The van der Waals surface area contributed by atoms with E-state index >= 15 is 0 Å². The third-order valence-corrected chi connectivity index (χ3v) is 7.80. The first-order valence-corrected chi connectivity index (χ1v) is 12.5. The lowest BCUT2D eigenvalue weighted by Crippen LogP contribution is -2.38. The van der Waals surface area contributed by atoms with Crippen LogP contribution in [0.1, 0.15) is 34.7 Å². The Labute approximate surface area is 211 Å². The molecule has 0 saturated carbocycles. The van der Waals surface area contributed by atoms with Gasteiger partial charge < -0.3 is 14.6 Å². The summed E-state index contributed by atoms with van der Waals surface area (Å²) in [5, 5.41) is 10.6. The van der Waals surface area contributed by atoms with E-state index < -0.39 is 0 Å². The lowest BCUT2D eigenvalue weighted by atomic mass is 9.83. The topological polar surface area (TPSA) is 73.1 Å². The highest BCUT2D eigenvalue weighted by molar-refractivity contribution is 7.07. The van der Waals surface area contributed by atoms with E-state index in [0.717, 1.165) is 41.0 Å². The summed E-state index contributed by atoms with van der Waals surface area (Å²) in [7, 11) is 3.15. The van der Waals surface area contributed by atoms with Crippen LogP contribution in [-0.4, -0.2) is 23.9 Å². The zero-order valence-corrected chi connectivity index (χ0v) is 20.7. The molecule has 6 rings (SSSR count). The number of ether oxygens (including phenoxy) is 2. The Bertz CT molecular complexity index is 1710. The molecule has 3 aromatic carbocycles. The molecule has 0 bridgehead atoms. The van der Waals surface area contributed by atoms with Gasteiger partial charge in [0.15, 0.2) is 16.3 Å². The van der Waals surface area contributed by atoms with Crippen molar-refractivity contribution in [3.05, 3.63) is 114 Å². The number of para-hydroxylation sites is 1. The molecule has 1 atom stereocenters. The molecule has 1 aliphatic heterocycles. The van der Waals surface area contributed by atoms with Crippen LogP contribution in [0.25, 0.3) is 11.8 Å². The summed E-state index contributed by atoms with van der Waals surface area (Å²) in [5.41, 5.74) is 5.82. The number of benzene rings is 3. The number of hydrogen-bond donors (Lipinski definition) is 1. The summed E-state index contributed by atoms with van der Waals surface area (Å²) in [6, 6.07) is 21.2. The third-order valence-electron chi connectivity index (χ3n) is 6.82. The van der Waals surface area contributed by atoms with Crippen molar-refractivity contribution < 1.29 is 14.6 Å². The smallest absolute Gasteiger partial charge is 0.271 e. The highest BCUT2D eigenvalue weighted by Gasteiger charge is 2.32. The van der Waals surface area contributed by atoms with E-state index in [1.165, 1.54) is 24.0 Å². The molecular weight excluding hydrogens is 472 g/mol. The Hall–Kier alpha value is -4.10. The number of aromatic nitrogens is 1. The number of methoxy groups -OCH3 is 2. The first-order valence-electron chi connectivity index (χ1n) is 11.7. The maximum absolute atomic E-state index is 13.9. The summed E-state index contributed by atoms with van der Waals surface area (Å²) in [4.78, 5) is 19.5. The number of rotatable bonds is 4. The largest absolute Gasteiger partial charge is 0.504 e. The second-order valence-electron chi connectivity index (χ2n) is 8.79. The van der Waals surface area contributed by atoms with Crippen LogP contribution in [0.2, 0.25) is 0 Å². The summed E-state index contributed by atoms with van der Waals surface area (Å²) >= 11 is 1.33. The summed E-state index contributed by atoms with van der Waals surface area (Å²) in [5.74, 6) is 1.10. The molecule has 6 nitrogen and oxygen atoms in total. The fraction of sp³-hybridized carbons (Fsp3) is 0.172. The van der Waals surface area contributed by atoms with E-state index in [0.29, 0.717) is 20.6 Å². The number of allylic oxidation sites excluding steroid dienone is 1. The van der Waals surface area contributed by atoms with Gasteiger partial charge in [0.25, 0.3) is 5.56 Å². The van der Waals surface area contributed by atoms with Crippen molar-refractivity contribution in [3.63, 3.8) is 0 Å². The number of thiazole rings is 1. The van der Waals surface area contributed by atoms with E-state index in [1.54, 1.807) is 36.0 Å². The molecule has 2 aliphatic rings. The van der Waals surface area contributed by atoms with Gasteiger partial charge in [0.05, 0.1) is 30.5 Å². The van der Waals surface area contributed by atoms with Crippen molar-refractivity contribution in [2.24, 2.45) is 4.99 Å². The van der Waals surface area contributed by atoms with Gasteiger partial charge in [-0.25, -0.2) is 4.99 Å². The fourth-order valence-electron chi connectivity index (χ4n) is 5.10. The van der Waals surface area contributed by atoms with Crippen molar-refractivity contribution in [2.75, 3.05) is 14.2 Å². The van der Waals surface area contributed by atoms with Gasteiger partial charge in [0, 0.05) is 11.1 Å². The first-order chi connectivity index (χ1) is 17.6. The molecule has 0 fully saturated rings. The summed E-state index contributed by atoms with van der Waals surface area (Å²) in [6.45, 7) is 0. The van der Waals surface area contributed by atoms with Crippen molar-refractivity contribution in [1.82, 2.24) is 4.57 Å². The maximum atomic E-state index is 13.9. The molecular formula is C29H24N2O4S. The quantitative estimate of drug-likeness (QED) is 0.463. The number of aromatic hydroxyl groups is 1. The van der Waals surface area contributed by atoms with E-state index in [-0.39, 0.29) is 17.4 Å². The van der Waals surface area contributed by atoms with Crippen LogP contribution in [-0.2, 0) is 6.42 Å². The van der Waals surface area contributed by atoms with E-state index in [1.807, 2.05) is 30.3 Å². The van der Waals surface area contributed by atoms with Gasteiger partial charge in [0.2, 0.25) is 0 Å². The van der Waals surface area contributed by atoms with Crippen LogP contribution in [0, 0.1) is 0 Å². The average molecular weight is 497 g/mol. The van der Waals surface area contributed by atoms with Crippen molar-refractivity contribution in [1.29, 1.82) is 0 Å². The molecule has 1 aromatic heterocycles. The van der Waals surface area contributed by atoms with Gasteiger partial charge in [-0.05, 0) is 53.8 Å². The van der Waals surface area contributed by atoms with Crippen LogP contribution >= 0.6 is 11.3 Å². The lowest BCUT2D eigenvalue weighted by molar-refractivity contribution is 0.373. The molecule has 1 N–H and O–H groups in total. The molecule has 7 heteroatoms. The van der Waals surface area contributed by atoms with E-state index in [4.69, 9.17) is 14.5 Å². The zero-order valence-electron chi connectivity index (χ0n) is 19.9. The van der Waals surface area contributed by atoms with Crippen molar-refractivity contribution in [2.45, 2.75) is 18.9 Å². The Balaban J connectivity index is 1.62. The SMILES string of the molecule is COc1cccc([C@@H]2C3=C(N=c4s/c(=C/c5cccc(OC)c5O)c(=O)n42)c2ccccc2CC3)c1. The molecule has 0 radical (unpaired) electrons. The summed E-state index contributed by atoms with van der Waals surface area (Å²) < 4.78 is 13.0. The van der Waals surface area contributed by atoms with Crippen LogP contribution in [0.4, 0.5) is 0 Å². The first kappa shape index (κ1) is 22.4. The minimum atomic E-state index is -0.291. The van der Waals surface area contributed by atoms with Gasteiger partial charge in [-0.15, -0.1) is 0 Å². The zero-order chi connectivity index (χ0) is 24.8. The van der Waals surface area contributed by atoms with Crippen LogP contribution in [0.5, 0.6) is 17.2 Å². The highest BCUT2D eigenvalue weighted by atomic mass is 32.1. The molecule has 4 aromatic rings. The molecule has 0 spiro atoms. The second kappa shape index (κ2) is 8.84. The lowest BCUT2D eigenvalue weighted by Gasteiger charge is -2.31. The Kier molecular flexibility index (Phi) is 5.49. The van der Waals surface area contributed by atoms with Gasteiger partial charge in [0.1, 0.15) is 5.75 Å². The predicted molar refractivity (Wildman–Crippen MR) is 140 cm³/mol. The number of hydrogen-bond acceptors (Lipinski definition) is 6. The monoisotopic (exact) mass is 496 g/mol. The minimum absolute atomic E-state index is 0.00315. The molecule has 0 saturated heterocycles. The normalized spacial score (nSPS) is 16.6. The molecule has 180 valence electrons. The van der Waals surface area contributed by atoms with Crippen molar-refractivity contribution in [3.8, 4) is 17.2 Å². The molecule has 0 unspecified atom stereocenters. The van der Waals surface area contributed by atoms with Gasteiger partial charge in [-0.1, -0.05) is 59.9 Å². The Morgan fingerprint density at radius 2 is 1.86 bits per heavy atom. The standard InChI is InChI=1S/C29H24N2O4S/c1-34-20-10-5-8-18(15-20)26-22-14-13-17-7-3-4-11-21(17)25(22)30-29-31(26)28(33)24(36-29)16-19-9-6-12-23(35-2)27(19)32/h3-12,15-16,26,32H,13-14H2,1-2H3/b24-16+/t26-/m1/s1. The van der Waals surface area contributed by atoms with Crippen LogP contribution < -0.4 is 24.4 Å². The van der Waals surface area contributed by atoms with Gasteiger partial charge >= 0.3 is 0 Å². The second-order valence-corrected chi connectivity index (χ2v) is 9.80. The van der Waals surface area contributed by atoms with Crippen LogP contribution in [0.3, 0.4) is 0 Å². The van der Waals surface area contributed by atoms with E-state index in [2.05, 4.69) is 18.2 Å². The molecule has 1 aliphatic carbocycles. The molecule has 0 amide bonds. The third kappa shape index (κ3) is 3.55. The fourth-order valence-corrected chi connectivity index (χ4v) is 6.09. The number of phenols is 1. The number of fused-ring (bicyclic) bond motifs is 3. The Morgan fingerprint density at radius 1 is 1.03 bits per heavy atom. The minimum Gasteiger partial charge on any atom is -0.504 e. The molecule has 36 heavy (non-hydrogen) atoms. The van der Waals surface area contributed by atoms with Crippen LogP contribution in [0.15, 0.2) is 82.1 Å². The predicted octanol–water partition coefficient (Wildman–Crippen LogP) is 4.04. The average Bonchev–Trinajstić information content (AvgIpc) is 3.22. The maximum Gasteiger partial charge on any atom is 0.271 e.